The maximum atomic E-state index is 12.9. The van der Waals surface area contributed by atoms with Crippen LogP contribution in [0.1, 0.15) is 303 Å². The molecular weight excluding hydrogens is 769 g/mol. The number of hydrogen-bond acceptors (Lipinski definition) is 5. The molecular formula is C55H106N2O5. The fraction of sp³-hybridized carbons (Fsp3) is 0.909. The number of ether oxygens (including phenoxy) is 1. The first kappa shape index (κ1) is 60.1. The van der Waals surface area contributed by atoms with E-state index in [-0.39, 0.29) is 18.0 Å². The van der Waals surface area contributed by atoms with Gasteiger partial charge in [0.1, 0.15) is 12.1 Å². The van der Waals surface area contributed by atoms with Gasteiger partial charge in [-0.3, -0.25) is 9.59 Å². The third-order valence-electron chi connectivity index (χ3n) is 12.8. The summed E-state index contributed by atoms with van der Waals surface area (Å²) in [7, 11) is 0. The number of carboxylic acids is 1. The second-order valence-corrected chi connectivity index (χ2v) is 19.0. The molecule has 366 valence electrons. The number of aliphatic carboxylic acids is 1. The van der Waals surface area contributed by atoms with E-state index in [2.05, 4.69) is 31.3 Å². The summed E-state index contributed by atoms with van der Waals surface area (Å²) in [5, 5.41) is 12.0. The number of hydrogen-bond donors (Lipinski definition) is 3. The maximum absolute atomic E-state index is 12.9. The summed E-state index contributed by atoms with van der Waals surface area (Å²) in [4.78, 5) is 36.6. The third-order valence-corrected chi connectivity index (χ3v) is 12.8. The minimum absolute atomic E-state index is 0.0139. The first-order valence-electron chi connectivity index (χ1n) is 27.5. The molecule has 7 heteroatoms. The molecule has 7 nitrogen and oxygen atoms in total. The molecule has 0 aromatic carbocycles. The molecule has 2 atom stereocenters. The van der Waals surface area contributed by atoms with Crippen molar-refractivity contribution in [2.24, 2.45) is 5.73 Å². The van der Waals surface area contributed by atoms with Crippen molar-refractivity contribution in [3.63, 3.8) is 0 Å². The van der Waals surface area contributed by atoms with Crippen LogP contribution in [0.25, 0.3) is 0 Å². The molecule has 0 spiro atoms. The SMILES string of the molecule is CCCCCCCCCC/C=C\CCCCCCCCCCCC(=O)OC(CCCCCCCCCCCCCCCCC)CCCCCCCC(=O)NC(CCCN)C(=O)O. The highest BCUT2D eigenvalue weighted by molar-refractivity contribution is 5.83. The number of amides is 1. The van der Waals surface area contributed by atoms with Gasteiger partial charge in [0, 0.05) is 12.8 Å². The molecule has 0 aromatic rings. The smallest absolute Gasteiger partial charge is 0.326 e. The van der Waals surface area contributed by atoms with Crippen LogP contribution in [-0.4, -0.2) is 41.6 Å². The van der Waals surface area contributed by atoms with Crippen LogP contribution < -0.4 is 11.1 Å². The molecule has 0 aliphatic carbocycles. The van der Waals surface area contributed by atoms with E-state index in [1.54, 1.807) is 0 Å². The summed E-state index contributed by atoms with van der Waals surface area (Å²) >= 11 is 0. The maximum Gasteiger partial charge on any atom is 0.326 e. The minimum Gasteiger partial charge on any atom is -0.480 e. The first-order chi connectivity index (χ1) is 30.4. The van der Waals surface area contributed by atoms with Crippen LogP contribution in [0, 0.1) is 0 Å². The molecule has 0 bridgehead atoms. The number of unbranched alkanes of at least 4 members (excludes halogenated alkanes) is 35. The lowest BCUT2D eigenvalue weighted by Crippen LogP contribution is -2.40. The fourth-order valence-corrected chi connectivity index (χ4v) is 8.68. The van der Waals surface area contributed by atoms with E-state index in [1.165, 1.54) is 199 Å². The fourth-order valence-electron chi connectivity index (χ4n) is 8.68. The van der Waals surface area contributed by atoms with Gasteiger partial charge in [0.15, 0.2) is 0 Å². The Morgan fingerprint density at radius 2 is 0.790 bits per heavy atom. The van der Waals surface area contributed by atoms with E-state index in [4.69, 9.17) is 10.5 Å². The van der Waals surface area contributed by atoms with Crippen molar-refractivity contribution >= 4 is 17.8 Å². The van der Waals surface area contributed by atoms with Crippen LogP contribution in [0.2, 0.25) is 0 Å². The van der Waals surface area contributed by atoms with Gasteiger partial charge >= 0.3 is 11.9 Å². The van der Waals surface area contributed by atoms with Gasteiger partial charge in [-0.2, -0.15) is 0 Å². The normalized spacial score (nSPS) is 12.6. The third kappa shape index (κ3) is 46.1. The Labute approximate surface area is 385 Å². The van der Waals surface area contributed by atoms with Crippen molar-refractivity contribution in [2.45, 2.75) is 315 Å². The topological polar surface area (TPSA) is 119 Å². The Hall–Kier alpha value is -1.89. The zero-order valence-electron chi connectivity index (χ0n) is 41.5. The number of nitrogens with one attached hydrogen (secondary N) is 1. The van der Waals surface area contributed by atoms with Crippen molar-refractivity contribution in [1.29, 1.82) is 0 Å². The summed E-state index contributed by atoms with van der Waals surface area (Å²) in [6, 6.07) is -0.855. The van der Waals surface area contributed by atoms with E-state index in [0.29, 0.717) is 32.2 Å². The summed E-state index contributed by atoms with van der Waals surface area (Å²) in [6.45, 7) is 4.98. The summed E-state index contributed by atoms with van der Waals surface area (Å²) in [5.41, 5.74) is 5.51. The van der Waals surface area contributed by atoms with Crippen LogP contribution in [0.15, 0.2) is 12.2 Å². The van der Waals surface area contributed by atoms with Crippen LogP contribution in [0.5, 0.6) is 0 Å². The predicted octanol–water partition coefficient (Wildman–Crippen LogP) is 16.6. The van der Waals surface area contributed by atoms with Gasteiger partial charge in [0.2, 0.25) is 5.91 Å². The summed E-state index contributed by atoms with van der Waals surface area (Å²) in [6.07, 6.45) is 58.5. The quantitative estimate of drug-likeness (QED) is 0.0318. The Bertz CT molecular complexity index is 987. The van der Waals surface area contributed by atoms with E-state index in [1.807, 2.05) is 0 Å². The molecule has 62 heavy (non-hydrogen) atoms. The van der Waals surface area contributed by atoms with Gasteiger partial charge < -0.3 is 20.9 Å². The molecule has 1 amide bonds. The number of carbonyl (C=O) groups excluding carboxylic acids is 2. The number of nitrogens with two attached hydrogens (primary N) is 1. The van der Waals surface area contributed by atoms with Crippen molar-refractivity contribution in [3.8, 4) is 0 Å². The number of allylic oxidation sites excluding steroid dienone is 2. The largest absolute Gasteiger partial charge is 0.480 e. The number of rotatable bonds is 51. The van der Waals surface area contributed by atoms with Gasteiger partial charge in [0.05, 0.1) is 0 Å². The summed E-state index contributed by atoms with van der Waals surface area (Å²) in [5.74, 6) is -1.21. The van der Waals surface area contributed by atoms with Crippen molar-refractivity contribution in [2.75, 3.05) is 6.54 Å². The molecule has 0 saturated carbocycles. The van der Waals surface area contributed by atoms with Gasteiger partial charge in [-0.15, -0.1) is 0 Å². The van der Waals surface area contributed by atoms with Crippen LogP contribution in [0.3, 0.4) is 0 Å². The van der Waals surface area contributed by atoms with Crippen molar-refractivity contribution < 1.29 is 24.2 Å². The van der Waals surface area contributed by atoms with Crippen LogP contribution >= 0.6 is 0 Å². The Morgan fingerprint density at radius 3 is 1.16 bits per heavy atom. The molecule has 0 rings (SSSR count). The average Bonchev–Trinajstić information content (AvgIpc) is 3.26. The van der Waals surface area contributed by atoms with E-state index >= 15 is 0 Å². The zero-order chi connectivity index (χ0) is 45.2. The molecule has 0 saturated heterocycles. The van der Waals surface area contributed by atoms with Gasteiger partial charge in [-0.1, -0.05) is 225 Å². The predicted molar refractivity (Wildman–Crippen MR) is 267 cm³/mol. The number of esters is 1. The molecule has 0 aliphatic rings. The number of carboxylic acid groups (broad SMARTS) is 1. The molecule has 0 aliphatic heterocycles. The van der Waals surface area contributed by atoms with E-state index in [0.717, 1.165) is 64.2 Å². The first-order valence-corrected chi connectivity index (χ1v) is 27.5. The molecule has 0 heterocycles. The van der Waals surface area contributed by atoms with E-state index in [9.17, 15) is 19.5 Å². The number of carbonyl (C=O) groups is 3. The second kappa shape index (κ2) is 50.1. The Kier molecular flexibility index (Phi) is 48.6. The van der Waals surface area contributed by atoms with E-state index < -0.39 is 12.0 Å². The average molecular weight is 875 g/mol. The molecule has 2 unspecified atom stereocenters. The van der Waals surface area contributed by atoms with Crippen LogP contribution in [-0.2, 0) is 19.1 Å². The zero-order valence-corrected chi connectivity index (χ0v) is 41.5. The van der Waals surface area contributed by atoms with Gasteiger partial charge in [0.25, 0.3) is 0 Å². The lowest BCUT2D eigenvalue weighted by molar-refractivity contribution is -0.150. The van der Waals surface area contributed by atoms with Gasteiger partial charge in [-0.05, 0) is 83.6 Å². The van der Waals surface area contributed by atoms with Crippen molar-refractivity contribution in [1.82, 2.24) is 5.32 Å². The molecule has 0 aromatic heterocycles. The second-order valence-electron chi connectivity index (χ2n) is 19.0. The standard InChI is InChI=1S/C55H106N2O5/c1-3-5-7-9-11-13-15-17-19-20-21-22-23-24-26-28-30-32-34-39-43-49-54(59)62-51(45-40-36-33-31-29-27-25-18-16-14-12-10-8-6-4-2)46-41-37-35-38-42-48-53(58)57-52(55(60)61)47-44-50-56/h20-21,51-52H,3-19,22-50,56H2,1-2H3,(H,57,58)(H,60,61)/b21-20-. The Balaban J connectivity index is 4.21. The monoisotopic (exact) mass is 875 g/mol. The molecule has 0 radical (unpaired) electrons. The lowest BCUT2D eigenvalue weighted by Gasteiger charge is -2.18. The highest BCUT2D eigenvalue weighted by atomic mass is 16.5. The Morgan fingerprint density at radius 1 is 0.452 bits per heavy atom. The molecule has 4 N–H and O–H groups in total. The highest BCUT2D eigenvalue weighted by Gasteiger charge is 2.19. The molecule has 0 fully saturated rings. The lowest BCUT2D eigenvalue weighted by atomic mass is 10.0. The minimum atomic E-state index is -0.999. The van der Waals surface area contributed by atoms with Crippen LogP contribution in [0.4, 0.5) is 0 Å². The van der Waals surface area contributed by atoms with Crippen molar-refractivity contribution in [3.05, 3.63) is 12.2 Å². The highest BCUT2D eigenvalue weighted by Crippen LogP contribution is 2.20. The summed E-state index contributed by atoms with van der Waals surface area (Å²) < 4.78 is 6.10. The van der Waals surface area contributed by atoms with Gasteiger partial charge in [-0.25, -0.2) is 4.79 Å².